The maximum absolute atomic E-state index is 13.2. The highest BCUT2D eigenvalue weighted by Gasteiger charge is 2.38. The van der Waals surface area contributed by atoms with Crippen LogP contribution in [0.1, 0.15) is 21.7 Å². The van der Waals surface area contributed by atoms with Gasteiger partial charge in [0.25, 0.3) is 5.91 Å². The summed E-state index contributed by atoms with van der Waals surface area (Å²) in [5.41, 5.74) is 2.23. The van der Waals surface area contributed by atoms with Crippen molar-refractivity contribution in [2.45, 2.75) is 19.0 Å². The van der Waals surface area contributed by atoms with Crippen molar-refractivity contribution in [3.8, 4) is 0 Å². The van der Waals surface area contributed by atoms with E-state index in [1.165, 1.54) is 6.26 Å². The van der Waals surface area contributed by atoms with E-state index in [0.717, 1.165) is 24.2 Å². The van der Waals surface area contributed by atoms with Crippen LogP contribution in [-0.2, 0) is 17.8 Å². The Kier molecular flexibility index (Phi) is 4.51. The van der Waals surface area contributed by atoms with Crippen molar-refractivity contribution in [2.24, 2.45) is 0 Å². The Morgan fingerprint density at radius 3 is 2.42 bits per heavy atom. The smallest absolute Gasteiger partial charge is 0.290 e. The van der Waals surface area contributed by atoms with Gasteiger partial charge in [0.2, 0.25) is 5.91 Å². The summed E-state index contributed by atoms with van der Waals surface area (Å²) >= 11 is 0. The molecule has 1 saturated heterocycles. The first-order chi connectivity index (χ1) is 12.6. The second-order valence-corrected chi connectivity index (χ2v) is 7.03. The first-order valence-electron chi connectivity index (χ1n) is 9.02. The van der Waals surface area contributed by atoms with Crippen molar-refractivity contribution in [3.05, 3.63) is 59.5 Å². The molecule has 0 saturated carbocycles. The molecule has 1 aromatic heterocycles. The summed E-state index contributed by atoms with van der Waals surface area (Å²) in [6, 6.07) is 10.9. The highest BCUT2D eigenvalue weighted by Crippen LogP contribution is 2.26. The zero-order valence-corrected chi connectivity index (χ0v) is 14.9. The number of amides is 2. The van der Waals surface area contributed by atoms with E-state index in [-0.39, 0.29) is 17.6 Å². The monoisotopic (exact) mass is 353 g/mol. The standard InChI is InChI=1S/C20H23N3O3/c1-21-8-10-22(11-9-21)19(24)17-13-15-5-2-3-6-16(15)14-23(17)20(25)18-7-4-12-26-18/h2-7,12,17H,8-11,13-14H2,1H3. The number of carbonyl (C=O) groups is 2. The molecule has 6 heteroatoms. The minimum atomic E-state index is -0.481. The Morgan fingerprint density at radius 1 is 1.00 bits per heavy atom. The highest BCUT2D eigenvalue weighted by atomic mass is 16.3. The average Bonchev–Trinajstić information content (AvgIpc) is 3.21. The molecule has 1 unspecified atom stereocenters. The van der Waals surface area contributed by atoms with Crippen LogP contribution < -0.4 is 0 Å². The lowest BCUT2D eigenvalue weighted by molar-refractivity contribution is -0.138. The largest absolute Gasteiger partial charge is 0.459 e. The first-order valence-corrected chi connectivity index (χ1v) is 9.02. The molecule has 4 rings (SSSR count). The molecular formula is C20H23N3O3. The Morgan fingerprint density at radius 2 is 1.73 bits per heavy atom. The molecule has 2 amide bonds. The summed E-state index contributed by atoms with van der Waals surface area (Å²) in [4.78, 5) is 32.0. The lowest BCUT2D eigenvalue weighted by Gasteiger charge is -2.40. The number of furan rings is 1. The second-order valence-electron chi connectivity index (χ2n) is 7.03. The molecule has 0 aliphatic carbocycles. The van der Waals surface area contributed by atoms with Crippen LogP contribution in [0.4, 0.5) is 0 Å². The maximum atomic E-state index is 13.2. The summed E-state index contributed by atoms with van der Waals surface area (Å²) in [5.74, 6) is 0.0880. The predicted molar refractivity (Wildman–Crippen MR) is 96.6 cm³/mol. The Hall–Kier alpha value is -2.60. The van der Waals surface area contributed by atoms with Gasteiger partial charge in [0.15, 0.2) is 5.76 Å². The van der Waals surface area contributed by atoms with Crippen LogP contribution in [-0.4, -0.2) is 65.8 Å². The predicted octanol–water partition coefficient (Wildman–Crippen LogP) is 1.62. The second kappa shape index (κ2) is 6.96. The molecule has 1 atom stereocenters. The van der Waals surface area contributed by atoms with Gasteiger partial charge in [-0.3, -0.25) is 9.59 Å². The molecule has 0 bridgehead atoms. The van der Waals surface area contributed by atoms with Crippen LogP contribution in [0.5, 0.6) is 0 Å². The molecule has 136 valence electrons. The van der Waals surface area contributed by atoms with Crippen LogP contribution >= 0.6 is 0 Å². The number of rotatable bonds is 2. The van der Waals surface area contributed by atoms with E-state index in [9.17, 15) is 9.59 Å². The molecule has 0 radical (unpaired) electrons. The number of fused-ring (bicyclic) bond motifs is 1. The van der Waals surface area contributed by atoms with E-state index in [1.807, 2.05) is 29.2 Å². The highest BCUT2D eigenvalue weighted by molar-refractivity contribution is 5.96. The Bertz CT molecular complexity index is 794. The fourth-order valence-electron chi connectivity index (χ4n) is 3.74. The third kappa shape index (κ3) is 3.12. The maximum Gasteiger partial charge on any atom is 0.290 e. The molecule has 1 aromatic carbocycles. The fourth-order valence-corrected chi connectivity index (χ4v) is 3.74. The van der Waals surface area contributed by atoms with Crippen molar-refractivity contribution in [2.75, 3.05) is 33.2 Å². The van der Waals surface area contributed by atoms with Crippen molar-refractivity contribution >= 4 is 11.8 Å². The average molecular weight is 353 g/mol. The van der Waals surface area contributed by atoms with Gasteiger partial charge in [-0.1, -0.05) is 24.3 Å². The Labute approximate surface area is 153 Å². The van der Waals surface area contributed by atoms with Crippen LogP contribution in [0.2, 0.25) is 0 Å². The summed E-state index contributed by atoms with van der Waals surface area (Å²) in [7, 11) is 2.06. The van der Waals surface area contributed by atoms with E-state index in [4.69, 9.17) is 4.42 Å². The van der Waals surface area contributed by atoms with Crippen molar-refractivity contribution in [1.82, 2.24) is 14.7 Å². The number of piperazine rings is 1. The molecule has 0 spiro atoms. The fraction of sp³-hybridized carbons (Fsp3) is 0.400. The third-order valence-electron chi connectivity index (χ3n) is 5.34. The molecule has 6 nitrogen and oxygen atoms in total. The SMILES string of the molecule is CN1CCN(C(=O)C2Cc3ccccc3CN2C(=O)c2ccco2)CC1. The summed E-state index contributed by atoms with van der Waals surface area (Å²) in [6.07, 6.45) is 2.04. The number of hydrogen-bond donors (Lipinski definition) is 0. The first kappa shape index (κ1) is 16.8. The van der Waals surface area contributed by atoms with Gasteiger partial charge in [-0.2, -0.15) is 0 Å². The number of carbonyl (C=O) groups excluding carboxylic acids is 2. The van der Waals surface area contributed by atoms with Crippen LogP contribution in [0.15, 0.2) is 47.1 Å². The topological polar surface area (TPSA) is 57.0 Å². The molecule has 1 fully saturated rings. The van der Waals surface area contributed by atoms with Gasteiger partial charge in [0.05, 0.1) is 6.26 Å². The summed E-state index contributed by atoms with van der Waals surface area (Å²) in [6.45, 7) is 3.56. The van der Waals surface area contributed by atoms with E-state index in [0.29, 0.717) is 26.1 Å². The van der Waals surface area contributed by atoms with Crippen molar-refractivity contribution in [1.29, 1.82) is 0 Å². The molecule has 0 N–H and O–H groups in total. The number of nitrogens with zero attached hydrogens (tertiary/aromatic N) is 3. The van der Waals surface area contributed by atoms with Gasteiger partial charge in [0.1, 0.15) is 6.04 Å². The van der Waals surface area contributed by atoms with Gasteiger partial charge >= 0.3 is 0 Å². The van der Waals surface area contributed by atoms with E-state index < -0.39 is 6.04 Å². The molecular weight excluding hydrogens is 330 g/mol. The van der Waals surface area contributed by atoms with Gasteiger partial charge < -0.3 is 19.1 Å². The van der Waals surface area contributed by atoms with E-state index in [2.05, 4.69) is 11.9 Å². The van der Waals surface area contributed by atoms with E-state index >= 15 is 0 Å². The minimum Gasteiger partial charge on any atom is -0.459 e. The van der Waals surface area contributed by atoms with Gasteiger partial charge in [-0.15, -0.1) is 0 Å². The molecule has 3 heterocycles. The van der Waals surface area contributed by atoms with Crippen LogP contribution in [0, 0.1) is 0 Å². The molecule has 2 aliphatic heterocycles. The van der Waals surface area contributed by atoms with Gasteiger partial charge in [-0.25, -0.2) is 0 Å². The minimum absolute atomic E-state index is 0.0347. The third-order valence-corrected chi connectivity index (χ3v) is 5.34. The van der Waals surface area contributed by atoms with Gasteiger partial charge in [0, 0.05) is 39.1 Å². The number of hydrogen-bond acceptors (Lipinski definition) is 4. The van der Waals surface area contributed by atoms with Crippen LogP contribution in [0.3, 0.4) is 0 Å². The zero-order valence-electron chi connectivity index (χ0n) is 14.9. The summed E-state index contributed by atoms with van der Waals surface area (Å²) < 4.78 is 5.30. The molecule has 2 aromatic rings. The lowest BCUT2D eigenvalue weighted by Crippen LogP contribution is -2.57. The van der Waals surface area contributed by atoms with E-state index in [1.54, 1.807) is 17.0 Å². The number of benzene rings is 1. The Balaban J connectivity index is 1.63. The van der Waals surface area contributed by atoms with Crippen molar-refractivity contribution < 1.29 is 14.0 Å². The van der Waals surface area contributed by atoms with Gasteiger partial charge in [-0.05, 0) is 30.3 Å². The normalized spacial score (nSPS) is 20.7. The molecule has 2 aliphatic rings. The summed E-state index contributed by atoms with van der Waals surface area (Å²) in [5, 5.41) is 0. The zero-order chi connectivity index (χ0) is 18.1. The lowest BCUT2D eigenvalue weighted by atomic mass is 9.92. The van der Waals surface area contributed by atoms with Crippen LogP contribution in [0.25, 0.3) is 0 Å². The quantitative estimate of drug-likeness (QED) is 0.823. The number of likely N-dealkylation sites (N-methyl/N-ethyl adjacent to an activating group) is 1. The van der Waals surface area contributed by atoms with Crippen molar-refractivity contribution in [3.63, 3.8) is 0 Å². The molecule has 26 heavy (non-hydrogen) atoms.